The normalized spacial score (nSPS) is 19.6. The molecule has 1 aromatic carbocycles. The molecule has 1 atom stereocenters. The molecule has 1 saturated heterocycles. The van der Waals surface area contributed by atoms with Crippen LogP contribution in [0.2, 0.25) is 0 Å². The van der Waals surface area contributed by atoms with E-state index in [0.717, 1.165) is 31.4 Å². The van der Waals surface area contributed by atoms with Crippen LogP contribution >= 0.6 is 0 Å². The second-order valence-corrected chi connectivity index (χ2v) is 4.71. The lowest BCUT2D eigenvalue weighted by atomic mass is 10.1. The summed E-state index contributed by atoms with van der Waals surface area (Å²) < 4.78 is 5.03. The predicted octanol–water partition coefficient (Wildman–Crippen LogP) is 1.16. The van der Waals surface area contributed by atoms with E-state index in [1.54, 1.807) is 25.3 Å². The zero-order chi connectivity index (χ0) is 13.7. The average Bonchev–Trinajstić information content (AvgIpc) is 2.62. The van der Waals surface area contributed by atoms with E-state index in [1.165, 1.54) is 0 Å². The van der Waals surface area contributed by atoms with Crippen molar-refractivity contribution in [3.8, 4) is 11.5 Å². The largest absolute Gasteiger partial charge is 0.507 e. The van der Waals surface area contributed by atoms with Gasteiger partial charge in [0.25, 0.3) is 0 Å². The molecule has 0 radical (unpaired) electrons. The molecule has 1 aliphatic heterocycles. The Morgan fingerprint density at radius 3 is 3.05 bits per heavy atom. The van der Waals surface area contributed by atoms with Crippen molar-refractivity contribution in [1.82, 2.24) is 10.6 Å². The van der Waals surface area contributed by atoms with Crippen LogP contribution in [0, 0.1) is 0 Å². The summed E-state index contributed by atoms with van der Waals surface area (Å²) in [4.78, 5) is 11.8. The predicted molar refractivity (Wildman–Crippen MR) is 72.1 cm³/mol. The van der Waals surface area contributed by atoms with E-state index in [2.05, 4.69) is 10.6 Å². The highest BCUT2D eigenvalue weighted by atomic mass is 16.5. The maximum absolute atomic E-state index is 11.8. The van der Waals surface area contributed by atoms with Crippen LogP contribution in [-0.4, -0.2) is 30.7 Å². The zero-order valence-corrected chi connectivity index (χ0v) is 11.1. The van der Waals surface area contributed by atoms with Gasteiger partial charge in [0, 0.05) is 24.7 Å². The van der Waals surface area contributed by atoms with Gasteiger partial charge in [-0.2, -0.15) is 0 Å². The van der Waals surface area contributed by atoms with Crippen LogP contribution in [0.15, 0.2) is 18.2 Å². The van der Waals surface area contributed by atoms with Crippen molar-refractivity contribution in [2.24, 2.45) is 0 Å². The standard InChI is InChI=1S/C14H20N2O3/c1-19-11-6-5-10(13(17)8-11)9-16-12-4-2-3-7-15-14(12)18/h5-6,8,12,16-17H,2-4,7,9H2,1H3,(H,15,18). The van der Waals surface area contributed by atoms with Gasteiger partial charge >= 0.3 is 0 Å². The summed E-state index contributed by atoms with van der Waals surface area (Å²) in [6.45, 7) is 1.22. The number of phenolic OH excluding ortho intramolecular Hbond substituents is 1. The van der Waals surface area contributed by atoms with Gasteiger partial charge in [0.1, 0.15) is 11.5 Å². The highest BCUT2D eigenvalue weighted by Crippen LogP contribution is 2.23. The van der Waals surface area contributed by atoms with Crippen molar-refractivity contribution in [2.75, 3.05) is 13.7 Å². The number of benzene rings is 1. The minimum Gasteiger partial charge on any atom is -0.507 e. The number of carbonyl (C=O) groups excluding carboxylic acids is 1. The van der Waals surface area contributed by atoms with Crippen LogP contribution in [0.1, 0.15) is 24.8 Å². The third-order valence-electron chi connectivity index (χ3n) is 3.37. The SMILES string of the molecule is COc1ccc(CNC2CCCCNC2=O)c(O)c1. The Morgan fingerprint density at radius 2 is 2.32 bits per heavy atom. The van der Waals surface area contributed by atoms with Gasteiger partial charge in [-0.25, -0.2) is 0 Å². The number of hydrogen-bond donors (Lipinski definition) is 3. The highest BCUT2D eigenvalue weighted by molar-refractivity contribution is 5.81. The lowest BCUT2D eigenvalue weighted by Crippen LogP contribution is -2.42. The van der Waals surface area contributed by atoms with Gasteiger partial charge in [0.2, 0.25) is 5.91 Å². The molecule has 1 unspecified atom stereocenters. The topological polar surface area (TPSA) is 70.6 Å². The number of hydrogen-bond acceptors (Lipinski definition) is 4. The smallest absolute Gasteiger partial charge is 0.237 e. The summed E-state index contributed by atoms with van der Waals surface area (Å²) in [6, 6.07) is 4.99. The molecule has 5 nitrogen and oxygen atoms in total. The lowest BCUT2D eigenvalue weighted by molar-refractivity contribution is -0.122. The third-order valence-corrected chi connectivity index (χ3v) is 3.37. The molecule has 1 fully saturated rings. The van der Waals surface area contributed by atoms with Gasteiger partial charge in [-0.3, -0.25) is 4.79 Å². The van der Waals surface area contributed by atoms with E-state index in [1.807, 2.05) is 0 Å². The molecule has 5 heteroatoms. The van der Waals surface area contributed by atoms with E-state index >= 15 is 0 Å². The number of aromatic hydroxyl groups is 1. The average molecular weight is 264 g/mol. The summed E-state index contributed by atoms with van der Waals surface area (Å²) in [5.41, 5.74) is 0.762. The Labute approximate surface area is 113 Å². The van der Waals surface area contributed by atoms with Gasteiger partial charge in [0.15, 0.2) is 0 Å². The Bertz CT molecular complexity index is 448. The molecular formula is C14H20N2O3. The first-order chi connectivity index (χ1) is 9.20. The Morgan fingerprint density at radius 1 is 1.47 bits per heavy atom. The molecular weight excluding hydrogens is 244 g/mol. The summed E-state index contributed by atoms with van der Waals surface area (Å²) in [6.07, 6.45) is 2.89. The minimum atomic E-state index is -0.177. The first kappa shape index (κ1) is 13.7. The first-order valence-corrected chi connectivity index (χ1v) is 6.57. The summed E-state index contributed by atoms with van der Waals surface area (Å²) in [7, 11) is 1.56. The van der Waals surface area contributed by atoms with Crippen molar-refractivity contribution in [3.05, 3.63) is 23.8 Å². The minimum absolute atomic E-state index is 0.0468. The van der Waals surface area contributed by atoms with Gasteiger partial charge in [-0.1, -0.05) is 6.07 Å². The van der Waals surface area contributed by atoms with E-state index in [-0.39, 0.29) is 17.7 Å². The van der Waals surface area contributed by atoms with Crippen molar-refractivity contribution >= 4 is 5.91 Å². The molecule has 0 bridgehead atoms. The van der Waals surface area contributed by atoms with Crippen LogP contribution in [0.25, 0.3) is 0 Å². The van der Waals surface area contributed by atoms with Crippen molar-refractivity contribution in [1.29, 1.82) is 0 Å². The van der Waals surface area contributed by atoms with Crippen LogP contribution < -0.4 is 15.4 Å². The van der Waals surface area contributed by atoms with Crippen LogP contribution in [0.4, 0.5) is 0 Å². The Kier molecular flexibility index (Phi) is 4.63. The van der Waals surface area contributed by atoms with E-state index in [4.69, 9.17) is 4.74 Å². The molecule has 3 N–H and O–H groups in total. The molecule has 104 valence electrons. The van der Waals surface area contributed by atoms with E-state index in [0.29, 0.717) is 12.3 Å². The van der Waals surface area contributed by atoms with Crippen molar-refractivity contribution in [2.45, 2.75) is 31.8 Å². The first-order valence-electron chi connectivity index (χ1n) is 6.57. The molecule has 0 spiro atoms. The van der Waals surface area contributed by atoms with Gasteiger partial charge in [-0.05, 0) is 25.3 Å². The van der Waals surface area contributed by atoms with Crippen molar-refractivity contribution in [3.63, 3.8) is 0 Å². The number of nitrogens with one attached hydrogen (secondary N) is 2. The van der Waals surface area contributed by atoms with Crippen LogP contribution in [0.5, 0.6) is 11.5 Å². The number of rotatable bonds is 4. The third kappa shape index (κ3) is 3.61. The number of phenols is 1. The monoisotopic (exact) mass is 264 g/mol. The van der Waals surface area contributed by atoms with Gasteiger partial charge in [-0.15, -0.1) is 0 Å². The molecule has 1 aromatic rings. The Hall–Kier alpha value is -1.75. The molecule has 19 heavy (non-hydrogen) atoms. The van der Waals surface area contributed by atoms with E-state index < -0.39 is 0 Å². The molecule has 0 aromatic heterocycles. The quantitative estimate of drug-likeness (QED) is 0.763. The number of methoxy groups -OCH3 is 1. The molecule has 1 aliphatic rings. The summed E-state index contributed by atoms with van der Waals surface area (Å²) >= 11 is 0. The summed E-state index contributed by atoms with van der Waals surface area (Å²) in [5, 5.41) is 15.9. The lowest BCUT2D eigenvalue weighted by Gasteiger charge is -2.16. The second kappa shape index (κ2) is 6.43. The second-order valence-electron chi connectivity index (χ2n) is 4.71. The zero-order valence-electron chi connectivity index (χ0n) is 11.1. The molecule has 1 amide bonds. The highest BCUT2D eigenvalue weighted by Gasteiger charge is 2.20. The fourth-order valence-corrected chi connectivity index (χ4v) is 2.19. The Balaban J connectivity index is 1.95. The van der Waals surface area contributed by atoms with Crippen molar-refractivity contribution < 1.29 is 14.6 Å². The fraction of sp³-hybridized carbons (Fsp3) is 0.500. The maximum Gasteiger partial charge on any atom is 0.237 e. The molecule has 2 rings (SSSR count). The summed E-state index contributed by atoms with van der Waals surface area (Å²) in [5.74, 6) is 0.847. The molecule has 1 heterocycles. The molecule has 0 saturated carbocycles. The number of ether oxygens (including phenoxy) is 1. The van der Waals surface area contributed by atoms with Crippen LogP contribution in [0.3, 0.4) is 0 Å². The van der Waals surface area contributed by atoms with E-state index in [9.17, 15) is 9.90 Å². The number of amides is 1. The van der Waals surface area contributed by atoms with Gasteiger partial charge in [0.05, 0.1) is 13.2 Å². The maximum atomic E-state index is 11.8. The number of carbonyl (C=O) groups is 1. The molecule has 0 aliphatic carbocycles. The van der Waals surface area contributed by atoms with Gasteiger partial charge < -0.3 is 20.5 Å². The van der Waals surface area contributed by atoms with Crippen LogP contribution in [-0.2, 0) is 11.3 Å². The fourth-order valence-electron chi connectivity index (χ4n) is 2.19.